The van der Waals surface area contributed by atoms with Gasteiger partial charge in [-0.1, -0.05) is 0 Å². The van der Waals surface area contributed by atoms with E-state index in [0.29, 0.717) is 0 Å². The Hall–Kier alpha value is -0.848. The summed E-state index contributed by atoms with van der Waals surface area (Å²) in [6.07, 6.45) is -41.1. The van der Waals surface area contributed by atoms with E-state index >= 15 is 0 Å². The molecule has 0 aromatic carbocycles. The Labute approximate surface area is 181 Å². The highest BCUT2D eigenvalue weighted by molar-refractivity contribution is 6.37. The van der Waals surface area contributed by atoms with Crippen LogP contribution in [0.25, 0.3) is 0 Å². The van der Waals surface area contributed by atoms with Crippen LogP contribution in [-0.2, 0) is 11.4 Å². The first-order valence-electron chi connectivity index (χ1n) is 7.72. The second-order valence-electron chi connectivity index (χ2n) is 6.73. The van der Waals surface area contributed by atoms with Crippen LogP contribution < -0.4 is 0 Å². The van der Waals surface area contributed by atoms with Crippen molar-refractivity contribution in [3.8, 4) is 0 Å². The van der Waals surface area contributed by atoms with Crippen molar-refractivity contribution >= 4 is 15.1 Å². The van der Waals surface area contributed by atoms with Crippen LogP contribution in [0.15, 0.2) is 0 Å². The largest absolute Gasteiger partial charge is 0.908 e. The molecule has 0 aromatic rings. The fraction of sp³-hybridized carbons (Fsp3) is 1.00. The standard InChI is InChI=1S/3C4H3F6O.Al/c3*1-2(11,3(5,6)7)4(8,9)10;/h3*1H3;/q3*-1;+3. The highest BCUT2D eigenvalue weighted by Gasteiger charge is 2.78. The van der Waals surface area contributed by atoms with Gasteiger partial charge in [0.1, 0.15) is 0 Å². The molecule has 0 unspecified atom stereocenters. The Bertz CT molecular complexity index is 559. The van der Waals surface area contributed by atoms with E-state index in [4.69, 9.17) is 0 Å². The summed E-state index contributed by atoms with van der Waals surface area (Å²) in [6.45, 7) is -3.38. The van der Waals surface area contributed by atoms with Gasteiger partial charge in [0.2, 0.25) is 16.8 Å². The lowest BCUT2D eigenvalue weighted by Crippen LogP contribution is -2.67. The van der Waals surface area contributed by atoms with Crippen molar-refractivity contribution in [3.05, 3.63) is 0 Å². The molecule has 34 heavy (non-hydrogen) atoms. The Morgan fingerprint density at radius 1 is 0.324 bits per heavy atom. The molecule has 0 bridgehead atoms. The van der Waals surface area contributed by atoms with E-state index in [1.54, 1.807) is 0 Å². The van der Waals surface area contributed by atoms with Gasteiger partial charge in [-0.25, -0.2) is 0 Å². The summed E-state index contributed by atoms with van der Waals surface area (Å²) >= 11 is -7.03. The molecular weight excluding hydrogens is 561 g/mol. The van der Waals surface area contributed by atoms with E-state index in [0.717, 1.165) is 0 Å². The summed E-state index contributed by atoms with van der Waals surface area (Å²) in [5.41, 5.74) is -17.8. The first kappa shape index (κ1) is 33.2. The van der Waals surface area contributed by atoms with Crippen LogP contribution in [0.2, 0.25) is 0 Å². The van der Waals surface area contributed by atoms with E-state index in [9.17, 15) is 79.0 Å². The third-order valence-corrected chi connectivity index (χ3v) is 6.23. The zero-order valence-electron chi connectivity index (χ0n) is 16.1. The predicted octanol–water partition coefficient (Wildman–Crippen LogP) is 6.67. The van der Waals surface area contributed by atoms with Gasteiger partial charge in [-0.05, 0) is 20.8 Å². The average molecular weight is 570 g/mol. The van der Waals surface area contributed by atoms with Crippen LogP contribution >= 0.6 is 0 Å². The van der Waals surface area contributed by atoms with Gasteiger partial charge in [0.05, 0.1) is 0 Å². The lowest BCUT2D eigenvalue weighted by Gasteiger charge is -2.42. The molecule has 0 aliphatic heterocycles. The Balaban J connectivity index is 7.06. The van der Waals surface area contributed by atoms with Crippen molar-refractivity contribution in [1.29, 1.82) is 0 Å². The van der Waals surface area contributed by atoms with Crippen LogP contribution in [0.1, 0.15) is 20.8 Å². The van der Waals surface area contributed by atoms with Crippen LogP contribution in [0, 0.1) is 0 Å². The molecule has 22 heteroatoms. The molecule has 0 saturated carbocycles. The highest BCUT2D eigenvalue weighted by atomic mass is 27.3. The first-order chi connectivity index (χ1) is 14.3. The highest BCUT2D eigenvalue weighted by Crippen LogP contribution is 2.52. The van der Waals surface area contributed by atoms with E-state index in [1.165, 1.54) is 0 Å². The molecule has 0 aliphatic rings. The molecule has 0 amide bonds. The number of hydrogen-bond donors (Lipinski definition) is 0. The zero-order chi connectivity index (χ0) is 28.2. The molecular formula is C12H9AlF18O3. The second-order valence-corrected chi connectivity index (χ2v) is 8.01. The lowest BCUT2D eigenvalue weighted by atomic mass is 10.1. The van der Waals surface area contributed by atoms with Gasteiger partial charge < -0.3 is 11.4 Å². The SMILES string of the molecule is CC([O][Al]([O]C(C)(C(F)(F)F)C(F)(F)F)[O]C(C)(C(F)(F)F)C(F)(F)F)(C(F)(F)F)C(F)(F)F. The number of alkyl halides is 18. The smallest absolute Gasteiger partial charge is 0.436 e. The zero-order valence-corrected chi connectivity index (χ0v) is 17.3. The van der Waals surface area contributed by atoms with Crippen molar-refractivity contribution in [3.63, 3.8) is 0 Å². The monoisotopic (exact) mass is 570 g/mol. The summed E-state index contributed by atoms with van der Waals surface area (Å²) in [4.78, 5) is 0. The van der Waals surface area contributed by atoms with Gasteiger partial charge >= 0.3 is 52.2 Å². The molecule has 0 rings (SSSR count). The van der Waals surface area contributed by atoms with Crippen molar-refractivity contribution in [2.45, 2.75) is 74.6 Å². The third kappa shape index (κ3) is 6.10. The summed E-state index contributed by atoms with van der Waals surface area (Å²) in [5, 5.41) is 0. The fourth-order valence-corrected chi connectivity index (χ4v) is 3.63. The Kier molecular flexibility index (Phi) is 8.70. The maximum Gasteiger partial charge on any atom is 0.908 e. The number of hydrogen-bond acceptors (Lipinski definition) is 3. The molecule has 0 atom stereocenters. The van der Waals surface area contributed by atoms with Crippen molar-refractivity contribution in [1.82, 2.24) is 0 Å². The molecule has 0 heterocycles. The normalized spacial score (nSPS) is 16.1. The molecule has 0 aliphatic carbocycles. The molecule has 204 valence electrons. The molecule has 0 aromatic heterocycles. The third-order valence-electron chi connectivity index (χ3n) is 4.24. The van der Waals surface area contributed by atoms with Crippen molar-refractivity contribution < 1.29 is 90.4 Å². The predicted molar refractivity (Wildman–Crippen MR) is 70.6 cm³/mol. The maximum atomic E-state index is 12.9. The minimum Gasteiger partial charge on any atom is -0.436 e. The first-order valence-corrected chi connectivity index (χ1v) is 9.14. The maximum absolute atomic E-state index is 12.9. The van der Waals surface area contributed by atoms with E-state index in [-0.39, 0.29) is 0 Å². The van der Waals surface area contributed by atoms with E-state index < -0.39 is 89.8 Å². The van der Waals surface area contributed by atoms with Gasteiger partial charge in [0, 0.05) is 0 Å². The van der Waals surface area contributed by atoms with Crippen molar-refractivity contribution in [2.75, 3.05) is 0 Å². The molecule has 0 saturated heterocycles. The number of halogens is 18. The summed E-state index contributed by atoms with van der Waals surface area (Å²) in [5.74, 6) is 0. The van der Waals surface area contributed by atoms with E-state index in [1.807, 2.05) is 0 Å². The van der Waals surface area contributed by atoms with Crippen molar-refractivity contribution in [2.24, 2.45) is 0 Å². The minimum atomic E-state index is -7.03. The summed E-state index contributed by atoms with van der Waals surface area (Å²) in [7, 11) is 0. The number of rotatable bonds is 6. The summed E-state index contributed by atoms with van der Waals surface area (Å²) < 4.78 is 242. The average Bonchev–Trinajstić information content (AvgIpc) is 2.47. The molecule has 0 radical (unpaired) electrons. The van der Waals surface area contributed by atoms with Gasteiger partial charge in [0.25, 0.3) is 0 Å². The fourth-order valence-electron chi connectivity index (χ4n) is 1.53. The van der Waals surface area contributed by atoms with Gasteiger partial charge in [-0.3, -0.25) is 0 Å². The van der Waals surface area contributed by atoms with Crippen LogP contribution in [0.4, 0.5) is 79.0 Å². The van der Waals surface area contributed by atoms with Crippen LogP contribution in [0.3, 0.4) is 0 Å². The van der Waals surface area contributed by atoms with Crippen LogP contribution in [-0.4, -0.2) is 69.0 Å². The lowest BCUT2D eigenvalue weighted by molar-refractivity contribution is -0.392. The molecule has 0 fully saturated rings. The van der Waals surface area contributed by atoms with Crippen LogP contribution in [0.5, 0.6) is 0 Å². The summed E-state index contributed by atoms with van der Waals surface area (Å²) in [6, 6.07) is 0. The minimum absolute atomic E-state index is 1.13. The second kappa shape index (κ2) is 8.92. The van der Waals surface area contributed by atoms with Gasteiger partial charge in [0.15, 0.2) is 0 Å². The van der Waals surface area contributed by atoms with Gasteiger partial charge in [-0.2, -0.15) is 79.0 Å². The van der Waals surface area contributed by atoms with E-state index in [2.05, 4.69) is 11.4 Å². The van der Waals surface area contributed by atoms with Gasteiger partial charge in [-0.15, -0.1) is 0 Å². The molecule has 0 spiro atoms. The Morgan fingerprint density at radius 2 is 0.441 bits per heavy atom. The topological polar surface area (TPSA) is 27.7 Å². The molecule has 0 N–H and O–H groups in total. The quantitative estimate of drug-likeness (QED) is 0.264. The Morgan fingerprint density at radius 3 is 0.529 bits per heavy atom. The molecule has 3 nitrogen and oxygen atoms in total.